The standard InChI is InChI=1S/C24H28N2O3S/c1-18-25-16-22(30-18)17-29-24(28)26-23(20-12-6-3-7-13-20)15-21(27)14-8-11-19-9-4-2-5-10-19/h2-7,9-10,12-13,16,21,23,27H,8,11,14-15,17H2,1H3,(H,26,28). The van der Waals surface area contributed by atoms with Gasteiger partial charge in [-0.1, -0.05) is 60.7 Å². The van der Waals surface area contributed by atoms with Crippen molar-refractivity contribution in [1.82, 2.24) is 10.3 Å². The van der Waals surface area contributed by atoms with Crippen molar-refractivity contribution in [2.24, 2.45) is 0 Å². The molecule has 0 aliphatic rings. The van der Waals surface area contributed by atoms with E-state index in [0.717, 1.165) is 28.3 Å². The Kier molecular flexibility index (Phi) is 8.41. The second-order valence-electron chi connectivity index (χ2n) is 7.30. The van der Waals surface area contributed by atoms with Crippen LogP contribution in [0.5, 0.6) is 0 Å². The lowest BCUT2D eigenvalue weighted by Gasteiger charge is -2.22. The number of hydrogen-bond donors (Lipinski definition) is 2. The van der Waals surface area contributed by atoms with Gasteiger partial charge in [0, 0.05) is 6.20 Å². The van der Waals surface area contributed by atoms with E-state index in [1.54, 1.807) is 6.20 Å². The molecular formula is C24H28N2O3S. The molecule has 6 heteroatoms. The maximum absolute atomic E-state index is 12.4. The fourth-order valence-corrected chi connectivity index (χ4v) is 4.04. The maximum Gasteiger partial charge on any atom is 0.407 e. The molecule has 0 spiro atoms. The van der Waals surface area contributed by atoms with Gasteiger partial charge in [0.1, 0.15) is 6.61 Å². The van der Waals surface area contributed by atoms with Crippen molar-refractivity contribution < 1.29 is 14.6 Å². The lowest BCUT2D eigenvalue weighted by molar-refractivity contribution is 0.118. The molecule has 0 aliphatic heterocycles. The normalized spacial score (nSPS) is 12.9. The van der Waals surface area contributed by atoms with Crippen molar-refractivity contribution in [3.63, 3.8) is 0 Å². The average Bonchev–Trinajstić information content (AvgIpc) is 3.18. The van der Waals surface area contributed by atoms with Crippen LogP contribution in [0.3, 0.4) is 0 Å². The molecule has 2 atom stereocenters. The number of aromatic nitrogens is 1. The summed E-state index contributed by atoms with van der Waals surface area (Å²) in [5.74, 6) is 0. The van der Waals surface area contributed by atoms with Crippen LogP contribution >= 0.6 is 11.3 Å². The Hall–Kier alpha value is -2.70. The van der Waals surface area contributed by atoms with Crippen LogP contribution in [0, 0.1) is 6.92 Å². The lowest BCUT2D eigenvalue weighted by atomic mass is 9.97. The molecule has 1 aromatic heterocycles. The van der Waals surface area contributed by atoms with Gasteiger partial charge in [0.15, 0.2) is 0 Å². The highest BCUT2D eigenvalue weighted by Gasteiger charge is 2.19. The minimum absolute atomic E-state index is 0.193. The molecular weight excluding hydrogens is 396 g/mol. The van der Waals surface area contributed by atoms with Gasteiger partial charge >= 0.3 is 6.09 Å². The molecule has 3 rings (SSSR count). The third kappa shape index (κ3) is 7.28. The van der Waals surface area contributed by atoms with Crippen molar-refractivity contribution in [2.45, 2.75) is 51.4 Å². The molecule has 2 unspecified atom stereocenters. The lowest BCUT2D eigenvalue weighted by Crippen LogP contribution is -2.31. The minimum Gasteiger partial charge on any atom is -0.444 e. The number of hydrogen-bond acceptors (Lipinski definition) is 5. The summed E-state index contributed by atoms with van der Waals surface area (Å²) in [7, 11) is 0. The third-order valence-electron chi connectivity index (χ3n) is 4.86. The summed E-state index contributed by atoms with van der Waals surface area (Å²) in [6.45, 7) is 2.11. The van der Waals surface area contributed by atoms with Crippen LogP contribution in [0.25, 0.3) is 0 Å². The number of amides is 1. The van der Waals surface area contributed by atoms with Crippen LogP contribution in [0.2, 0.25) is 0 Å². The third-order valence-corrected chi connectivity index (χ3v) is 5.75. The number of benzene rings is 2. The van der Waals surface area contributed by atoms with Gasteiger partial charge in [0.2, 0.25) is 0 Å². The molecule has 0 saturated heterocycles. The van der Waals surface area contributed by atoms with Crippen LogP contribution in [0.4, 0.5) is 4.79 Å². The Morgan fingerprint density at radius 2 is 1.83 bits per heavy atom. The predicted octanol–water partition coefficient (Wildman–Crippen LogP) is 5.19. The number of aliphatic hydroxyl groups excluding tert-OH is 1. The first-order valence-electron chi connectivity index (χ1n) is 10.2. The highest BCUT2D eigenvalue weighted by molar-refractivity contribution is 7.11. The number of rotatable bonds is 10. The number of aliphatic hydroxyl groups is 1. The molecule has 1 heterocycles. The SMILES string of the molecule is Cc1ncc(COC(=O)NC(CC(O)CCCc2ccccc2)c2ccccc2)s1. The fourth-order valence-electron chi connectivity index (χ4n) is 3.33. The summed E-state index contributed by atoms with van der Waals surface area (Å²) < 4.78 is 5.35. The summed E-state index contributed by atoms with van der Waals surface area (Å²) in [5.41, 5.74) is 2.22. The van der Waals surface area contributed by atoms with Crippen molar-refractivity contribution in [3.05, 3.63) is 87.9 Å². The number of alkyl carbamates (subject to hydrolysis) is 1. The summed E-state index contributed by atoms with van der Waals surface area (Å²) in [4.78, 5) is 17.4. The summed E-state index contributed by atoms with van der Waals surface area (Å²) >= 11 is 1.51. The first-order valence-corrected chi connectivity index (χ1v) is 11.0. The van der Waals surface area contributed by atoms with Gasteiger partial charge in [-0.15, -0.1) is 11.3 Å². The fraction of sp³-hybridized carbons (Fsp3) is 0.333. The van der Waals surface area contributed by atoms with E-state index in [9.17, 15) is 9.90 Å². The van der Waals surface area contributed by atoms with Crippen LogP contribution in [-0.4, -0.2) is 22.3 Å². The quantitative estimate of drug-likeness (QED) is 0.470. The number of carbonyl (C=O) groups excluding carboxylic acids is 1. The Bertz CT molecular complexity index is 899. The Morgan fingerprint density at radius 1 is 1.13 bits per heavy atom. The van der Waals surface area contributed by atoms with Crippen LogP contribution < -0.4 is 5.32 Å². The van der Waals surface area contributed by atoms with Crippen LogP contribution in [0.1, 0.15) is 46.3 Å². The topological polar surface area (TPSA) is 71.5 Å². The molecule has 1 amide bonds. The van der Waals surface area contributed by atoms with E-state index in [1.165, 1.54) is 16.9 Å². The number of nitrogens with zero attached hydrogens (tertiary/aromatic N) is 1. The molecule has 5 nitrogen and oxygen atoms in total. The van der Waals surface area contributed by atoms with Gasteiger partial charge in [-0.2, -0.15) is 0 Å². The predicted molar refractivity (Wildman–Crippen MR) is 119 cm³/mol. The van der Waals surface area contributed by atoms with E-state index >= 15 is 0 Å². The van der Waals surface area contributed by atoms with Gasteiger partial charge in [-0.3, -0.25) is 0 Å². The van der Waals surface area contributed by atoms with Gasteiger partial charge in [-0.25, -0.2) is 9.78 Å². The van der Waals surface area contributed by atoms with Crippen molar-refractivity contribution in [3.8, 4) is 0 Å². The van der Waals surface area contributed by atoms with Gasteiger partial charge in [0.05, 0.1) is 22.0 Å². The van der Waals surface area contributed by atoms with E-state index in [0.29, 0.717) is 12.8 Å². The molecule has 0 aliphatic carbocycles. The molecule has 0 saturated carbocycles. The zero-order chi connectivity index (χ0) is 21.2. The Morgan fingerprint density at radius 3 is 2.50 bits per heavy atom. The summed E-state index contributed by atoms with van der Waals surface area (Å²) in [6, 6.07) is 19.6. The molecule has 0 bridgehead atoms. The zero-order valence-corrected chi connectivity index (χ0v) is 18.0. The monoisotopic (exact) mass is 424 g/mol. The first-order chi connectivity index (χ1) is 14.6. The number of carbonyl (C=O) groups is 1. The molecule has 0 radical (unpaired) electrons. The van der Waals surface area contributed by atoms with E-state index in [-0.39, 0.29) is 12.6 Å². The summed E-state index contributed by atoms with van der Waals surface area (Å²) in [5, 5.41) is 14.4. The van der Waals surface area contributed by atoms with E-state index in [4.69, 9.17) is 4.74 Å². The average molecular weight is 425 g/mol. The van der Waals surface area contributed by atoms with Crippen LogP contribution in [0.15, 0.2) is 66.9 Å². The van der Waals surface area contributed by atoms with E-state index < -0.39 is 12.2 Å². The van der Waals surface area contributed by atoms with Crippen molar-refractivity contribution in [1.29, 1.82) is 0 Å². The first kappa shape index (κ1) is 22.0. The number of aryl methyl sites for hydroxylation is 2. The van der Waals surface area contributed by atoms with Crippen LogP contribution in [-0.2, 0) is 17.8 Å². The molecule has 3 aromatic rings. The molecule has 2 N–H and O–H groups in total. The maximum atomic E-state index is 12.4. The van der Waals surface area contributed by atoms with Gasteiger partial charge in [0.25, 0.3) is 0 Å². The van der Waals surface area contributed by atoms with Crippen molar-refractivity contribution >= 4 is 17.4 Å². The molecule has 158 valence electrons. The zero-order valence-electron chi connectivity index (χ0n) is 17.2. The van der Waals surface area contributed by atoms with Gasteiger partial charge in [-0.05, 0) is 43.7 Å². The highest BCUT2D eigenvalue weighted by Crippen LogP contribution is 2.21. The summed E-state index contributed by atoms with van der Waals surface area (Å²) in [6.07, 6.45) is 3.65. The minimum atomic E-state index is -0.511. The molecule has 30 heavy (non-hydrogen) atoms. The Labute approximate surface area is 181 Å². The number of nitrogens with one attached hydrogen (secondary N) is 1. The van der Waals surface area contributed by atoms with E-state index in [1.807, 2.05) is 55.5 Å². The number of thiazole rings is 1. The molecule has 2 aromatic carbocycles. The second kappa shape index (κ2) is 11.5. The van der Waals surface area contributed by atoms with Gasteiger partial charge < -0.3 is 15.2 Å². The smallest absolute Gasteiger partial charge is 0.407 e. The molecule has 0 fully saturated rings. The largest absolute Gasteiger partial charge is 0.444 e. The highest BCUT2D eigenvalue weighted by atomic mass is 32.1. The van der Waals surface area contributed by atoms with Crippen molar-refractivity contribution in [2.75, 3.05) is 0 Å². The number of ether oxygens (including phenoxy) is 1. The van der Waals surface area contributed by atoms with E-state index in [2.05, 4.69) is 22.4 Å². The Balaban J connectivity index is 1.52. The second-order valence-corrected chi connectivity index (χ2v) is 8.62.